The molecular weight excluding hydrogens is 276 g/mol. The van der Waals surface area contributed by atoms with Crippen molar-refractivity contribution in [1.82, 2.24) is 9.55 Å². The third-order valence-electron chi connectivity index (χ3n) is 3.43. The number of benzene rings is 2. The van der Waals surface area contributed by atoms with Gasteiger partial charge in [-0.15, -0.1) is 0 Å². The normalized spacial score (nSPS) is 10.1. The van der Waals surface area contributed by atoms with Crippen molar-refractivity contribution < 1.29 is 4.79 Å². The Kier molecular flexibility index (Phi) is 3.39. The van der Waals surface area contributed by atoms with E-state index in [-0.39, 0.29) is 23.7 Å². The van der Waals surface area contributed by atoms with E-state index < -0.39 is 0 Å². The second kappa shape index (κ2) is 5.51. The molecule has 0 saturated heterocycles. The number of hydrogen-bond donors (Lipinski definition) is 0. The zero-order chi connectivity index (χ0) is 15.5. The lowest BCUT2D eigenvalue weighted by Gasteiger charge is -2.05. The first kappa shape index (κ1) is 13.5. The van der Waals surface area contributed by atoms with E-state index in [0.717, 1.165) is 10.8 Å². The average Bonchev–Trinajstić information content (AvgIpc) is 2.96. The van der Waals surface area contributed by atoms with Crippen LogP contribution in [0.4, 0.5) is 0 Å². The summed E-state index contributed by atoms with van der Waals surface area (Å²) in [6, 6.07) is 17.0. The van der Waals surface area contributed by atoms with Gasteiger partial charge in [0.05, 0.1) is 12.9 Å². The van der Waals surface area contributed by atoms with E-state index in [0.29, 0.717) is 5.56 Å². The van der Waals surface area contributed by atoms with Gasteiger partial charge in [0.1, 0.15) is 12.1 Å². The molecule has 0 spiro atoms. The van der Waals surface area contributed by atoms with Gasteiger partial charge >= 0.3 is 0 Å². The van der Waals surface area contributed by atoms with Crippen LogP contribution in [0.1, 0.15) is 21.7 Å². The topological polar surface area (TPSA) is 82.5 Å². The molecule has 5 heteroatoms. The van der Waals surface area contributed by atoms with Crippen LogP contribution in [0.5, 0.6) is 0 Å². The molecule has 104 valence electrons. The fraction of sp³-hybridized carbons (Fsp3) is 0.0588. The van der Waals surface area contributed by atoms with E-state index in [2.05, 4.69) is 4.98 Å². The van der Waals surface area contributed by atoms with E-state index in [4.69, 9.17) is 10.5 Å². The molecule has 2 aromatic carbocycles. The number of fused-ring (bicyclic) bond motifs is 1. The van der Waals surface area contributed by atoms with Crippen molar-refractivity contribution in [2.75, 3.05) is 0 Å². The van der Waals surface area contributed by atoms with Crippen molar-refractivity contribution in [2.45, 2.75) is 6.54 Å². The molecule has 3 aromatic rings. The Labute approximate surface area is 126 Å². The summed E-state index contributed by atoms with van der Waals surface area (Å²) in [5.74, 6) is -0.135. The van der Waals surface area contributed by atoms with E-state index in [1.165, 1.54) is 10.9 Å². The van der Waals surface area contributed by atoms with Gasteiger partial charge in [0.2, 0.25) is 0 Å². The number of rotatable bonds is 3. The van der Waals surface area contributed by atoms with Crippen molar-refractivity contribution in [3.8, 4) is 12.1 Å². The summed E-state index contributed by atoms with van der Waals surface area (Å²) in [5.41, 5.74) is 0.709. The molecule has 0 radical (unpaired) electrons. The van der Waals surface area contributed by atoms with Crippen LogP contribution in [0.15, 0.2) is 48.8 Å². The Morgan fingerprint density at radius 3 is 2.59 bits per heavy atom. The van der Waals surface area contributed by atoms with E-state index in [1.807, 2.05) is 48.5 Å². The summed E-state index contributed by atoms with van der Waals surface area (Å²) in [6.07, 6.45) is 1.34. The summed E-state index contributed by atoms with van der Waals surface area (Å²) < 4.78 is 1.40. The lowest BCUT2D eigenvalue weighted by atomic mass is 10.0. The summed E-state index contributed by atoms with van der Waals surface area (Å²) in [4.78, 5) is 16.2. The number of aromatic nitrogens is 2. The Hall–Kier alpha value is -3.44. The zero-order valence-corrected chi connectivity index (χ0v) is 11.5. The molecule has 5 nitrogen and oxygen atoms in total. The first-order chi connectivity index (χ1) is 10.7. The molecule has 0 N–H and O–H groups in total. The number of nitriles is 2. The number of ketones is 1. The first-order valence-corrected chi connectivity index (χ1v) is 6.60. The van der Waals surface area contributed by atoms with Crippen LogP contribution < -0.4 is 0 Å². The molecule has 0 saturated carbocycles. The maximum Gasteiger partial charge on any atom is 0.182 e. The van der Waals surface area contributed by atoms with Gasteiger partial charge in [0.25, 0.3) is 0 Å². The molecule has 0 aliphatic rings. The molecule has 0 amide bonds. The van der Waals surface area contributed by atoms with Crippen LogP contribution in [-0.2, 0) is 6.54 Å². The van der Waals surface area contributed by atoms with Gasteiger partial charge in [-0.25, -0.2) is 4.98 Å². The van der Waals surface area contributed by atoms with Gasteiger partial charge in [0.15, 0.2) is 17.2 Å². The predicted octanol–water partition coefficient (Wildman–Crippen LogP) is 2.66. The fourth-order valence-corrected chi connectivity index (χ4v) is 2.31. The van der Waals surface area contributed by atoms with Crippen LogP contribution >= 0.6 is 0 Å². The number of carbonyl (C=O) groups is 1. The average molecular weight is 286 g/mol. The number of imidazole rings is 1. The van der Waals surface area contributed by atoms with Crippen LogP contribution in [0, 0.1) is 22.7 Å². The minimum Gasteiger partial charge on any atom is -0.313 e. The van der Waals surface area contributed by atoms with Crippen LogP contribution in [-0.4, -0.2) is 15.3 Å². The highest BCUT2D eigenvalue weighted by Gasteiger charge is 2.14. The minimum atomic E-state index is -0.135. The zero-order valence-electron chi connectivity index (χ0n) is 11.5. The monoisotopic (exact) mass is 286 g/mol. The largest absolute Gasteiger partial charge is 0.313 e. The van der Waals surface area contributed by atoms with Crippen molar-refractivity contribution in [3.05, 3.63) is 65.7 Å². The van der Waals surface area contributed by atoms with Crippen LogP contribution in [0.2, 0.25) is 0 Å². The molecule has 0 aliphatic carbocycles. The standard InChI is InChI=1S/C17H10N4O/c18-8-15-16(9-19)21(11-20-15)10-17(22)14-6-5-12-3-1-2-4-13(12)7-14/h1-7,11H,10H2. The molecule has 3 rings (SSSR count). The number of nitrogens with zero attached hydrogens (tertiary/aromatic N) is 4. The Morgan fingerprint density at radius 2 is 1.86 bits per heavy atom. The third-order valence-corrected chi connectivity index (χ3v) is 3.43. The summed E-state index contributed by atoms with van der Waals surface area (Å²) in [7, 11) is 0. The highest BCUT2D eigenvalue weighted by atomic mass is 16.1. The Balaban J connectivity index is 1.92. The number of Topliss-reactive ketones (excluding diaryl/α,β-unsaturated/α-hetero) is 1. The molecule has 22 heavy (non-hydrogen) atoms. The lowest BCUT2D eigenvalue weighted by Crippen LogP contribution is -2.11. The summed E-state index contributed by atoms with van der Waals surface area (Å²) in [5, 5.41) is 20.0. The molecule has 0 atom stereocenters. The van der Waals surface area contributed by atoms with Gasteiger partial charge in [-0.3, -0.25) is 4.79 Å². The molecular formula is C17H10N4O. The highest BCUT2D eigenvalue weighted by molar-refractivity contribution is 5.99. The second-order valence-corrected chi connectivity index (χ2v) is 4.78. The smallest absolute Gasteiger partial charge is 0.182 e. The van der Waals surface area contributed by atoms with E-state index in [1.54, 1.807) is 6.07 Å². The van der Waals surface area contributed by atoms with Crippen molar-refractivity contribution >= 4 is 16.6 Å². The van der Waals surface area contributed by atoms with Crippen molar-refractivity contribution in [1.29, 1.82) is 10.5 Å². The lowest BCUT2D eigenvalue weighted by molar-refractivity contribution is 0.0972. The number of carbonyl (C=O) groups excluding carboxylic acids is 1. The van der Waals surface area contributed by atoms with Gasteiger partial charge in [0, 0.05) is 5.56 Å². The van der Waals surface area contributed by atoms with E-state index in [9.17, 15) is 4.79 Å². The third kappa shape index (κ3) is 2.32. The van der Waals surface area contributed by atoms with Gasteiger partial charge < -0.3 is 4.57 Å². The molecule has 1 heterocycles. The predicted molar refractivity (Wildman–Crippen MR) is 79.9 cm³/mol. The van der Waals surface area contributed by atoms with Crippen molar-refractivity contribution in [3.63, 3.8) is 0 Å². The van der Waals surface area contributed by atoms with E-state index >= 15 is 0 Å². The van der Waals surface area contributed by atoms with Crippen molar-refractivity contribution in [2.24, 2.45) is 0 Å². The first-order valence-electron chi connectivity index (χ1n) is 6.60. The Bertz CT molecular complexity index is 957. The molecule has 0 unspecified atom stereocenters. The maximum atomic E-state index is 12.4. The molecule has 0 fully saturated rings. The summed E-state index contributed by atoms with van der Waals surface area (Å²) >= 11 is 0. The maximum absolute atomic E-state index is 12.4. The molecule has 0 aliphatic heterocycles. The Morgan fingerprint density at radius 1 is 1.09 bits per heavy atom. The van der Waals surface area contributed by atoms with Gasteiger partial charge in [-0.1, -0.05) is 36.4 Å². The highest BCUT2D eigenvalue weighted by Crippen LogP contribution is 2.17. The quantitative estimate of drug-likeness (QED) is 0.693. The van der Waals surface area contributed by atoms with Gasteiger partial charge in [-0.2, -0.15) is 10.5 Å². The SMILES string of the molecule is N#Cc1ncn(CC(=O)c2ccc3ccccc3c2)c1C#N. The summed E-state index contributed by atoms with van der Waals surface area (Å²) in [6.45, 7) is -0.0179. The molecule has 0 bridgehead atoms. The van der Waals surface area contributed by atoms with Crippen LogP contribution in [0.3, 0.4) is 0 Å². The fourth-order valence-electron chi connectivity index (χ4n) is 2.31. The minimum absolute atomic E-state index is 0.0179. The number of hydrogen-bond acceptors (Lipinski definition) is 4. The van der Waals surface area contributed by atoms with Crippen LogP contribution in [0.25, 0.3) is 10.8 Å². The van der Waals surface area contributed by atoms with Gasteiger partial charge in [-0.05, 0) is 16.8 Å². The second-order valence-electron chi connectivity index (χ2n) is 4.78. The molecule has 1 aromatic heterocycles.